The molecule has 0 saturated carbocycles. The molecule has 0 atom stereocenters. The molecule has 2 aromatic rings. The fraction of sp³-hybridized carbons (Fsp3) is 0.409. The molecule has 5 nitrogen and oxygen atoms in total. The minimum atomic E-state index is -4.41. The summed E-state index contributed by atoms with van der Waals surface area (Å²) in [5.41, 5.74) is 2.85. The van der Waals surface area contributed by atoms with Crippen LogP contribution in [0, 0.1) is 12.7 Å². The summed E-state index contributed by atoms with van der Waals surface area (Å²) < 4.78 is 56.5. The summed E-state index contributed by atoms with van der Waals surface area (Å²) in [7, 11) is 5.33. The first-order valence-electron chi connectivity index (χ1n) is 9.73. The maximum Gasteiger partial charge on any atom is 0.422 e. The van der Waals surface area contributed by atoms with Gasteiger partial charge in [0, 0.05) is 37.8 Å². The van der Waals surface area contributed by atoms with Gasteiger partial charge in [-0.15, -0.1) is 24.0 Å². The Labute approximate surface area is 203 Å². The highest BCUT2D eigenvalue weighted by Gasteiger charge is 2.28. The second kappa shape index (κ2) is 12.8. The Morgan fingerprint density at radius 1 is 1.03 bits per heavy atom. The normalized spacial score (nSPS) is 11.8. The first kappa shape index (κ1) is 28.0. The quantitative estimate of drug-likeness (QED) is 0.211. The van der Waals surface area contributed by atoms with Crippen LogP contribution in [0.2, 0.25) is 0 Å². The van der Waals surface area contributed by atoms with Crippen molar-refractivity contribution in [3.05, 3.63) is 64.5 Å². The van der Waals surface area contributed by atoms with Crippen LogP contribution in [0.3, 0.4) is 0 Å². The molecule has 0 bridgehead atoms. The fourth-order valence-corrected chi connectivity index (χ4v) is 2.89. The number of aryl methyl sites for hydroxylation is 1. The Kier molecular flexibility index (Phi) is 11.2. The number of aliphatic imine (C=N–C) groups is 1. The molecule has 10 heteroatoms. The van der Waals surface area contributed by atoms with Crippen LogP contribution in [-0.4, -0.2) is 44.8 Å². The van der Waals surface area contributed by atoms with Crippen molar-refractivity contribution in [2.45, 2.75) is 32.7 Å². The van der Waals surface area contributed by atoms with Crippen molar-refractivity contribution in [1.82, 2.24) is 15.5 Å². The van der Waals surface area contributed by atoms with Crippen molar-refractivity contribution in [3.63, 3.8) is 0 Å². The summed E-state index contributed by atoms with van der Waals surface area (Å²) >= 11 is 0. The zero-order chi connectivity index (χ0) is 23.0. The molecule has 2 aromatic carbocycles. The predicted octanol–water partition coefficient (Wildman–Crippen LogP) is 4.62. The molecule has 0 aliphatic carbocycles. The highest BCUT2D eigenvalue weighted by molar-refractivity contribution is 14.0. The van der Waals surface area contributed by atoms with E-state index in [1.165, 1.54) is 6.07 Å². The van der Waals surface area contributed by atoms with Gasteiger partial charge in [-0.1, -0.05) is 18.2 Å². The number of alkyl halides is 3. The van der Waals surface area contributed by atoms with E-state index in [0.717, 1.165) is 11.1 Å². The minimum absolute atomic E-state index is 0. The summed E-state index contributed by atoms with van der Waals surface area (Å²) in [6.07, 6.45) is -4.41. The van der Waals surface area contributed by atoms with Crippen LogP contribution >= 0.6 is 24.0 Å². The van der Waals surface area contributed by atoms with E-state index in [-0.39, 0.29) is 42.1 Å². The molecule has 0 radical (unpaired) electrons. The van der Waals surface area contributed by atoms with E-state index in [0.29, 0.717) is 30.2 Å². The number of halogens is 5. The molecule has 2 rings (SSSR count). The number of ether oxygens (including phenoxy) is 1. The van der Waals surface area contributed by atoms with Crippen LogP contribution in [0.25, 0.3) is 0 Å². The van der Waals surface area contributed by atoms with E-state index in [4.69, 9.17) is 4.74 Å². The monoisotopic (exact) mass is 568 g/mol. The summed E-state index contributed by atoms with van der Waals surface area (Å²) in [6.45, 7) is 1.55. The van der Waals surface area contributed by atoms with Crippen LogP contribution in [0.1, 0.15) is 22.3 Å². The molecular weight excluding hydrogens is 539 g/mol. The maximum atomic E-state index is 13.9. The molecule has 0 saturated heterocycles. The number of benzene rings is 2. The van der Waals surface area contributed by atoms with Crippen molar-refractivity contribution < 1.29 is 22.3 Å². The smallest absolute Gasteiger partial charge is 0.422 e. The van der Waals surface area contributed by atoms with E-state index < -0.39 is 12.8 Å². The third-order valence-corrected chi connectivity index (χ3v) is 4.34. The number of nitrogens with zero attached hydrogens (tertiary/aromatic N) is 2. The zero-order valence-corrected chi connectivity index (χ0v) is 20.8. The SMILES string of the molecule is CN=C(NCc1ccc(F)c(CN(C)C)c1)NCc1ccc(C)cc1OCC(F)(F)F.I. The highest BCUT2D eigenvalue weighted by Crippen LogP contribution is 2.23. The number of guanidine groups is 1. The van der Waals surface area contributed by atoms with Gasteiger partial charge in [-0.3, -0.25) is 4.99 Å². The lowest BCUT2D eigenvalue weighted by atomic mass is 10.1. The van der Waals surface area contributed by atoms with Gasteiger partial charge in [0.05, 0.1) is 0 Å². The Balaban J connectivity index is 0.00000512. The van der Waals surface area contributed by atoms with Crippen molar-refractivity contribution in [2.75, 3.05) is 27.7 Å². The summed E-state index contributed by atoms with van der Waals surface area (Å²) in [5.74, 6) is 0.374. The number of hydrogen-bond donors (Lipinski definition) is 2. The van der Waals surface area contributed by atoms with E-state index >= 15 is 0 Å². The Hall–Kier alpha value is -2.08. The van der Waals surface area contributed by atoms with Gasteiger partial charge in [0.15, 0.2) is 12.6 Å². The van der Waals surface area contributed by atoms with Gasteiger partial charge in [0.1, 0.15) is 11.6 Å². The molecule has 0 spiro atoms. The molecule has 0 fully saturated rings. The van der Waals surface area contributed by atoms with Crippen LogP contribution in [0.15, 0.2) is 41.4 Å². The summed E-state index contributed by atoms with van der Waals surface area (Å²) in [6, 6.07) is 10.0. The fourth-order valence-electron chi connectivity index (χ4n) is 2.89. The Morgan fingerprint density at radius 3 is 2.34 bits per heavy atom. The molecule has 178 valence electrons. The van der Waals surface area contributed by atoms with E-state index in [1.54, 1.807) is 44.3 Å². The standard InChI is InChI=1S/C22H28F4N4O.HI/c1-15-5-7-17(20(9-15)31-14-22(24,25)26)12-29-21(27-2)28-11-16-6-8-19(23)18(10-16)13-30(3)4;/h5-10H,11-14H2,1-4H3,(H2,27,28,29);1H. The lowest BCUT2D eigenvalue weighted by molar-refractivity contribution is -0.153. The summed E-state index contributed by atoms with van der Waals surface area (Å²) in [4.78, 5) is 6.02. The molecule has 0 heterocycles. The number of hydrogen-bond acceptors (Lipinski definition) is 3. The molecule has 32 heavy (non-hydrogen) atoms. The molecule has 0 unspecified atom stereocenters. The van der Waals surface area contributed by atoms with E-state index in [9.17, 15) is 17.6 Å². The second-order valence-electron chi connectivity index (χ2n) is 7.46. The van der Waals surface area contributed by atoms with Gasteiger partial charge in [-0.2, -0.15) is 13.2 Å². The number of rotatable bonds is 8. The molecule has 0 aliphatic heterocycles. The third-order valence-electron chi connectivity index (χ3n) is 4.34. The van der Waals surface area contributed by atoms with Gasteiger partial charge in [-0.05, 0) is 50.3 Å². The average Bonchev–Trinajstić information content (AvgIpc) is 2.69. The molecule has 0 aromatic heterocycles. The van der Waals surface area contributed by atoms with Crippen LogP contribution in [0.5, 0.6) is 5.75 Å². The summed E-state index contributed by atoms with van der Waals surface area (Å²) in [5, 5.41) is 6.19. The average molecular weight is 568 g/mol. The zero-order valence-electron chi connectivity index (χ0n) is 18.5. The Bertz CT molecular complexity index is 904. The molecular formula is C22H29F4IN4O. The van der Waals surface area contributed by atoms with Crippen LogP contribution in [-0.2, 0) is 19.6 Å². The van der Waals surface area contributed by atoms with Crippen molar-refractivity contribution in [3.8, 4) is 5.75 Å². The second-order valence-corrected chi connectivity index (χ2v) is 7.46. The topological polar surface area (TPSA) is 48.9 Å². The van der Waals surface area contributed by atoms with Crippen molar-refractivity contribution in [1.29, 1.82) is 0 Å². The maximum absolute atomic E-state index is 13.9. The molecule has 0 amide bonds. The van der Waals surface area contributed by atoms with Gasteiger partial charge in [-0.25, -0.2) is 4.39 Å². The predicted molar refractivity (Wildman–Crippen MR) is 129 cm³/mol. The third kappa shape index (κ3) is 9.60. The van der Waals surface area contributed by atoms with E-state index in [2.05, 4.69) is 15.6 Å². The molecule has 0 aliphatic rings. The van der Waals surface area contributed by atoms with Crippen molar-refractivity contribution in [2.24, 2.45) is 4.99 Å². The van der Waals surface area contributed by atoms with Crippen molar-refractivity contribution >= 4 is 29.9 Å². The van der Waals surface area contributed by atoms with Gasteiger partial charge in [0.2, 0.25) is 0 Å². The first-order valence-corrected chi connectivity index (χ1v) is 9.73. The molecule has 2 N–H and O–H groups in total. The number of nitrogens with one attached hydrogen (secondary N) is 2. The lowest BCUT2D eigenvalue weighted by Gasteiger charge is -2.17. The first-order chi connectivity index (χ1) is 14.6. The van der Waals surface area contributed by atoms with E-state index in [1.807, 2.05) is 19.0 Å². The largest absolute Gasteiger partial charge is 0.484 e. The lowest BCUT2D eigenvalue weighted by Crippen LogP contribution is -2.36. The van der Waals surface area contributed by atoms with Gasteiger partial charge >= 0.3 is 6.18 Å². The Morgan fingerprint density at radius 2 is 1.72 bits per heavy atom. The van der Waals surface area contributed by atoms with Crippen LogP contribution < -0.4 is 15.4 Å². The highest BCUT2D eigenvalue weighted by atomic mass is 127. The van der Waals surface area contributed by atoms with Crippen LogP contribution in [0.4, 0.5) is 17.6 Å². The van der Waals surface area contributed by atoms with Gasteiger partial charge < -0.3 is 20.3 Å². The van der Waals surface area contributed by atoms with Gasteiger partial charge in [0.25, 0.3) is 0 Å². The minimum Gasteiger partial charge on any atom is -0.484 e.